The molecule has 0 saturated carbocycles. The summed E-state index contributed by atoms with van der Waals surface area (Å²) in [6, 6.07) is 8.03. The van der Waals surface area contributed by atoms with Crippen LogP contribution >= 0.6 is 24.8 Å². The van der Waals surface area contributed by atoms with Gasteiger partial charge in [0.05, 0.1) is 17.3 Å². The zero-order valence-electron chi connectivity index (χ0n) is 23.6. The maximum Gasteiger partial charge on any atom is 0.433 e. The molecule has 0 unspecified atom stereocenters. The minimum Gasteiger partial charge on any atom is -0.477 e. The Morgan fingerprint density at radius 1 is 1.20 bits per heavy atom. The molecule has 46 heavy (non-hydrogen) atoms. The minimum absolute atomic E-state index is 0. The molecule has 5 rings (SSSR count). The van der Waals surface area contributed by atoms with Crippen LogP contribution in [-0.2, 0) is 23.9 Å². The van der Waals surface area contributed by atoms with E-state index in [2.05, 4.69) is 31.9 Å². The molecule has 1 amide bonds. The van der Waals surface area contributed by atoms with Crippen molar-refractivity contribution in [2.75, 3.05) is 6.61 Å². The van der Waals surface area contributed by atoms with Crippen LogP contribution in [0.3, 0.4) is 0 Å². The Labute approximate surface area is 274 Å². The Bertz CT molecular complexity index is 1720. The molecule has 1 aliphatic rings. The molecule has 0 fully saturated rings. The molecule has 4 N–H and O–H groups in total. The van der Waals surface area contributed by atoms with Crippen LogP contribution in [0.15, 0.2) is 55.4 Å². The fourth-order valence-corrected chi connectivity index (χ4v) is 4.53. The number of pyridine rings is 1. The third kappa shape index (κ3) is 8.77. The summed E-state index contributed by atoms with van der Waals surface area (Å²) in [4.78, 5) is 47.6. The van der Waals surface area contributed by atoms with Crippen molar-refractivity contribution < 1.29 is 37.4 Å². The largest absolute Gasteiger partial charge is 0.477 e. The number of nitrogens with zero attached hydrogens (tertiary/aromatic N) is 5. The number of alkyl halides is 3. The zero-order chi connectivity index (χ0) is 31.3. The molecule has 4 aromatic rings. The van der Waals surface area contributed by atoms with Crippen LogP contribution in [0.4, 0.5) is 13.2 Å². The van der Waals surface area contributed by atoms with Gasteiger partial charge in [0.2, 0.25) is 0 Å². The number of carbonyl (C=O) groups excluding carboxylic acids is 2. The number of aromatic nitrogens is 5. The van der Waals surface area contributed by atoms with Crippen LogP contribution in [-0.4, -0.2) is 54.1 Å². The molecule has 3 heterocycles. The summed E-state index contributed by atoms with van der Waals surface area (Å²) >= 11 is 0. The fourth-order valence-electron chi connectivity index (χ4n) is 4.53. The zero-order valence-corrected chi connectivity index (χ0v) is 25.2. The number of aromatic carboxylic acids is 1. The molecule has 248 valence electrons. The van der Waals surface area contributed by atoms with E-state index in [0.717, 1.165) is 22.8 Å². The first-order valence-electron chi connectivity index (χ1n) is 12.8. The van der Waals surface area contributed by atoms with E-state index in [1.165, 1.54) is 35.1 Å². The number of carbonyl (C=O) groups is 3. The van der Waals surface area contributed by atoms with Gasteiger partial charge in [0.15, 0.2) is 5.69 Å². The van der Waals surface area contributed by atoms with Gasteiger partial charge < -0.3 is 20.9 Å². The summed E-state index contributed by atoms with van der Waals surface area (Å²) in [7, 11) is 0. The summed E-state index contributed by atoms with van der Waals surface area (Å²) in [5, 5.41) is 16.2. The van der Waals surface area contributed by atoms with E-state index in [4.69, 9.17) is 10.5 Å². The predicted octanol–water partition coefficient (Wildman–Crippen LogP) is 4.93. The number of nitrogens with two attached hydrogens (primary N) is 1. The first-order valence-corrected chi connectivity index (χ1v) is 12.8. The van der Waals surface area contributed by atoms with Gasteiger partial charge >= 0.3 is 18.1 Å². The monoisotopic (exact) mass is 685 g/mol. The number of ether oxygens (including phenoxy) is 1. The van der Waals surface area contributed by atoms with Crippen LogP contribution < -0.4 is 11.1 Å². The standard InChI is InChI=1S/C21H19N5O5.C7H7F3N2.CH4.2ClH/c1-3-8-31-20(30)13-4-5-14-12(11(13)2)6-7-15(14)24-18(27)17-9-16(19(28)29)25-21-22-10-23-26(17)21;8-7(9,10)6-3-1-2-5(4-11)12-6;;;/h3-5,9-10,15H,1,6-8H2,2H3,(H,24,27)(H,28,29);1-3H,4,11H2;1H4;2*1H/t15-;;;;/m0..../s1. The quantitative estimate of drug-likeness (QED) is 0.179. The van der Waals surface area contributed by atoms with Gasteiger partial charge in [-0.2, -0.15) is 27.8 Å². The summed E-state index contributed by atoms with van der Waals surface area (Å²) in [5.41, 5.74) is 7.41. The maximum atomic E-state index is 13.0. The molecule has 12 nitrogen and oxygen atoms in total. The van der Waals surface area contributed by atoms with Crippen LogP contribution in [0.25, 0.3) is 5.78 Å². The summed E-state index contributed by atoms with van der Waals surface area (Å²) in [5.74, 6) is -2.16. The molecular formula is C29H32Cl2F3N7O5. The molecule has 1 atom stereocenters. The van der Waals surface area contributed by atoms with Gasteiger partial charge in [0.25, 0.3) is 11.7 Å². The smallest absolute Gasteiger partial charge is 0.433 e. The lowest BCUT2D eigenvalue weighted by Crippen LogP contribution is -2.29. The van der Waals surface area contributed by atoms with E-state index in [-0.39, 0.29) is 74.3 Å². The van der Waals surface area contributed by atoms with Gasteiger partial charge in [0.1, 0.15) is 24.3 Å². The molecular weight excluding hydrogens is 654 g/mol. The lowest BCUT2D eigenvalue weighted by Gasteiger charge is -2.16. The van der Waals surface area contributed by atoms with Gasteiger partial charge in [-0.3, -0.25) is 4.79 Å². The first kappa shape index (κ1) is 39.4. The highest BCUT2D eigenvalue weighted by Crippen LogP contribution is 2.35. The third-order valence-corrected chi connectivity index (χ3v) is 6.56. The van der Waals surface area contributed by atoms with Crippen molar-refractivity contribution in [3.05, 3.63) is 100 Å². The van der Waals surface area contributed by atoms with E-state index in [9.17, 15) is 32.7 Å². The SMILES string of the molecule is C.C=CCOC(=O)c1ccc2c(c1C)CC[C@@H]2NC(=O)c1cc(C(=O)O)nc2ncnn12.Cl.Cl.NCc1cccc(C(F)(F)F)n1. The van der Waals surface area contributed by atoms with E-state index in [1.54, 1.807) is 6.07 Å². The number of rotatable bonds is 7. The van der Waals surface area contributed by atoms with Gasteiger partial charge in [-0.05, 0) is 54.7 Å². The van der Waals surface area contributed by atoms with Gasteiger partial charge in [-0.1, -0.05) is 32.2 Å². The Balaban J connectivity index is 0.000000603. The molecule has 17 heteroatoms. The number of amides is 1. The molecule has 0 bridgehead atoms. The normalized spacial score (nSPS) is 13.0. The lowest BCUT2D eigenvalue weighted by molar-refractivity contribution is -0.141. The number of carboxylic acid groups (broad SMARTS) is 1. The Morgan fingerprint density at radius 2 is 1.91 bits per heavy atom. The lowest BCUT2D eigenvalue weighted by atomic mass is 9.98. The fraction of sp³-hybridized carbons (Fsp3) is 0.276. The van der Waals surface area contributed by atoms with Crippen molar-refractivity contribution in [1.82, 2.24) is 29.9 Å². The molecule has 0 aliphatic heterocycles. The molecule has 1 aromatic carbocycles. The number of halogens is 5. The van der Waals surface area contributed by atoms with Gasteiger partial charge in [0, 0.05) is 12.6 Å². The number of nitrogens with one attached hydrogen (secondary N) is 1. The number of carboxylic acids is 1. The highest BCUT2D eigenvalue weighted by Gasteiger charge is 2.32. The number of hydrogen-bond acceptors (Lipinski definition) is 9. The molecule has 0 radical (unpaired) electrons. The second-order valence-electron chi connectivity index (χ2n) is 9.28. The number of hydrogen-bond donors (Lipinski definition) is 3. The van der Waals surface area contributed by atoms with E-state index in [1.807, 2.05) is 13.0 Å². The second-order valence-corrected chi connectivity index (χ2v) is 9.28. The van der Waals surface area contributed by atoms with Crippen LogP contribution in [0.1, 0.15) is 79.3 Å². The van der Waals surface area contributed by atoms with Crippen molar-refractivity contribution in [1.29, 1.82) is 0 Å². The number of benzene rings is 1. The van der Waals surface area contributed by atoms with Crippen LogP contribution in [0, 0.1) is 6.92 Å². The minimum atomic E-state index is -4.38. The van der Waals surface area contributed by atoms with E-state index < -0.39 is 29.7 Å². The molecule has 0 spiro atoms. The van der Waals surface area contributed by atoms with Crippen LogP contribution in [0.2, 0.25) is 0 Å². The summed E-state index contributed by atoms with van der Waals surface area (Å²) in [6.07, 6.45) is -0.348. The van der Waals surface area contributed by atoms with Crippen molar-refractivity contribution in [3.8, 4) is 0 Å². The highest BCUT2D eigenvalue weighted by molar-refractivity contribution is 5.96. The Kier molecular flexibility index (Phi) is 14.3. The second kappa shape index (κ2) is 16.6. The Hall–Kier alpha value is -4.60. The summed E-state index contributed by atoms with van der Waals surface area (Å²) in [6.45, 7) is 5.54. The topological polar surface area (TPSA) is 175 Å². The summed E-state index contributed by atoms with van der Waals surface area (Å²) < 4.78 is 42.3. The number of esters is 1. The Morgan fingerprint density at radius 3 is 2.54 bits per heavy atom. The average Bonchev–Trinajstić information content (AvgIpc) is 3.63. The highest BCUT2D eigenvalue weighted by atomic mass is 35.5. The van der Waals surface area contributed by atoms with Crippen molar-refractivity contribution in [3.63, 3.8) is 0 Å². The average molecular weight is 687 g/mol. The molecule has 0 saturated heterocycles. The number of fused-ring (bicyclic) bond motifs is 2. The molecule has 1 aliphatic carbocycles. The third-order valence-electron chi connectivity index (χ3n) is 6.56. The van der Waals surface area contributed by atoms with Crippen molar-refractivity contribution >= 4 is 48.4 Å². The van der Waals surface area contributed by atoms with Crippen molar-refractivity contribution in [2.24, 2.45) is 5.73 Å². The van der Waals surface area contributed by atoms with E-state index >= 15 is 0 Å². The predicted molar refractivity (Wildman–Crippen MR) is 166 cm³/mol. The van der Waals surface area contributed by atoms with Crippen LogP contribution in [0.5, 0.6) is 0 Å². The van der Waals surface area contributed by atoms with E-state index in [0.29, 0.717) is 18.4 Å². The van der Waals surface area contributed by atoms with Crippen molar-refractivity contribution in [2.45, 2.75) is 46.0 Å². The first-order chi connectivity index (χ1) is 20.4. The maximum absolute atomic E-state index is 13.0. The van der Waals surface area contributed by atoms with Gasteiger partial charge in [-0.25, -0.2) is 19.6 Å². The molecule has 3 aromatic heterocycles. The van der Waals surface area contributed by atoms with Gasteiger partial charge in [-0.15, -0.1) is 24.8 Å².